The normalized spacial score (nSPS) is 21.8. The average Bonchev–Trinajstić information content (AvgIpc) is 3.40. The Kier molecular flexibility index (Phi) is 4.74. The zero-order chi connectivity index (χ0) is 19.0. The smallest absolute Gasteiger partial charge is 0.317 e. The molecule has 0 unspecified atom stereocenters. The Labute approximate surface area is 157 Å². The van der Waals surface area contributed by atoms with Gasteiger partial charge < -0.3 is 15.5 Å². The summed E-state index contributed by atoms with van der Waals surface area (Å²) in [6, 6.07) is 11.1. The molecule has 6 nitrogen and oxygen atoms in total. The largest absolute Gasteiger partial charge is 0.507 e. The number of carboxylic acid groups (broad SMARTS) is 1. The van der Waals surface area contributed by atoms with E-state index < -0.39 is 5.97 Å². The van der Waals surface area contributed by atoms with E-state index in [9.17, 15) is 14.7 Å². The van der Waals surface area contributed by atoms with Gasteiger partial charge in [0, 0.05) is 18.6 Å². The summed E-state index contributed by atoms with van der Waals surface area (Å²) in [7, 11) is 0. The molecule has 142 valence electrons. The molecule has 2 aliphatic rings. The number of nitrogens with one attached hydrogen (secondary N) is 1. The summed E-state index contributed by atoms with van der Waals surface area (Å²) >= 11 is 0. The molecule has 0 heterocycles. The standard InChI is InChI=1S/C21H24N2O4/c24-19-8-15-4-2-1-3-14(15)7-18(19)21(27)22-16-9-17(10-16)23(12-20(25)26)11-13-5-6-13/h1-4,7-8,13,16-17,24H,5-6,9-12H2,(H,22,27)(H,25,26). The maximum atomic E-state index is 12.6. The molecule has 2 aromatic rings. The van der Waals surface area contributed by atoms with Gasteiger partial charge in [0.25, 0.3) is 5.91 Å². The molecule has 0 radical (unpaired) electrons. The van der Waals surface area contributed by atoms with Crippen LogP contribution in [0.25, 0.3) is 10.8 Å². The molecule has 0 aliphatic heterocycles. The number of carbonyl (C=O) groups is 2. The topological polar surface area (TPSA) is 89.9 Å². The van der Waals surface area contributed by atoms with E-state index in [1.54, 1.807) is 12.1 Å². The number of benzene rings is 2. The number of carboxylic acids is 1. The Bertz CT molecular complexity index is 872. The van der Waals surface area contributed by atoms with Crippen molar-refractivity contribution in [2.24, 2.45) is 5.92 Å². The highest BCUT2D eigenvalue weighted by Crippen LogP contribution is 2.34. The van der Waals surface area contributed by atoms with E-state index >= 15 is 0 Å². The highest BCUT2D eigenvalue weighted by atomic mass is 16.4. The van der Waals surface area contributed by atoms with Crippen molar-refractivity contribution < 1.29 is 19.8 Å². The number of rotatable bonds is 7. The summed E-state index contributed by atoms with van der Waals surface area (Å²) in [5.74, 6) is -0.478. The van der Waals surface area contributed by atoms with Gasteiger partial charge in [-0.25, -0.2) is 0 Å². The van der Waals surface area contributed by atoms with Crippen LogP contribution in [-0.4, -0.2) is 52.2 Å². The van der Waals surface area contributed by atoms with Gasteiger partial charge in [0.15, 0.2) is 0 Å². The Morgan fingerprint density at radius 3 is 2.41 bits per heavy atom. The first-order valence-electron chi connectivity index (χ1n) is 9.48. The summed E-state index contributed by atoms with van der Waals surface area (Å²) in [5, 5.41) is 24.1. The molecule has 1 amide bonds. The predicted molar refractivity (Wildman–Crippen MR) is 102 cm³/mol. The second-order valence-electron chi connectivity index (χ2n) is 7.78. The van der Waals surface area contributed by atoms with Gasteiger partial charge in [0.1, 0.15) is 5.75 Å². The molecule has 0 saturated heterocycles. The Morgan fingerprint density at radius 2 is 1.78 bits per heavy atom. The predicted octanol–water partition coefficient (Wildman–Crippen LogP) is 2.60. The molecular weight excluding hydrogens is 344 g/mol. The third-order valence-electron chi connectivity index (χ3n) is 5.60. The van der Waals surface area contributed by atoms with Crippen LogP contribution in [0.5, 0.6) is 5.75 Å². The summed E-state index contributed by atoms with van der Waals surface area (Å²) in [4.78, 5) is 25.7. The SMILES string of the molecule is O=C(O)CN(CC1CC1)C1CC(NC(=O)c2cc3ccccc3cc2O)C1. The average molecular weight is 368 g/mol. The molecule has 0 aromatic heterocycles. The fourth-order valence-electron chi connectivity index (χ4n) is 3.83. The van der Waals surface area contributed by atoms with Gasteiger partial charge in [-0.1, -0.05) is 24.3 Å². The van der Waals surface area contributed by atoms with Crippen molar-refractivity contribution in [2.45, 2.75) is 37.8 Å². The number of phenols is 1. The lowest BCUT2D eigenvalue weighted by Crippen LogP contribution is -2.55. The zero-order valence-electron chi connectivity index (χ0n) is 15.1. The minimum absolute atomic E-state index is 0.0175. The van der Waals surface area contributed by atoms with E-state index in [0.29, 0.717) is 5.92 Å². The van der Waals surface area contributed by atoms with Crippen LogP contribution in [0.3, 0.4) is 0 Å². The van der Waals surface area contributed by atoms with Crippen LogP contribution in [0.4, 0.5) is 0 Å². The van der Waals surface area contributed by atoms with Crippen molar-refractivity contribution >= 4 is 22.6 Å². The minimum Gasteiger partial charge on any atom is -0.507 e. The van der Waals surface area contributed by atoms with Gasteiger partial charge in [0.2, 0.25) is 0 Å². The first kappa shape index (κ1) is 17.8. The molecule has 3 N–H and O–H groups in total. The lowest BCUT2D eigenvalue weighted by molar-refractivity contribution is -0.139. The van der Waals surface area contributed by atoms with E-state index in [0.717, 1.165) is 30.2 Å². The number of nitrogens with zero attached hydrogens (tertiary/aromatic N) is 1. The summed E-state index contributed by atoms with van der Waals surface area (Å²) < 4.78 is 0. The van der Waals surface area contributed by atoms with Gasteiger partial charge in [0.05, 0.1) is 12.1 Å². The van der Waals surface area contributed by atoms with Crippen LogP contribution < -0.4 is 5.32 Å². The third kappa shape index (κ3) is 4.06. The number of hydrogen-bond donors (Lipinski definition) is 3. The van der Waals surface area contributed by atoms with Crippen LogP contribution in [0, 0.1) is 5.92 Å². The molecule has 0 spiro atoms. The highest BCUT2D eigenvalue weighted by Gasteiger charge is 2.38. The Morgan fingerprint density at radius 1 is 1.11 bits per heavy atom. The van der Waals surface area contributed by atoms with Crippen LogP contribution in [0.1, 0.15) is 36.0 Å². The lowest BCUT2D eigenvalue weighted by atomic mass is 9.85. The van der Waals surface area contributed by atoms with Crippen LogP contribution in [0.2, 0.25) is 0 Å². The molecule has 0 atom stereocenters. The first-order valence-corrected chi connectivity index (χ1v) is 9.48. The van der Waals surface area contributed by atoms with Crippen LogP contribution >= 0.6 is 0 Å². The molecule has 2 saturated carbocycles. The molecular formula is C21H24N2O4. The zero-order valence-corrected chi connectivity index (χ0v) is 15.1. The fraction of sp³-hybridized carbons (Fsp3) is 0.429. The van der Waals surface area contributed by atoms with Crippen molar-refractivity contribution in [1.29, 1.82) is 0 Å². The van der Waals surface area contributed by atoms with Crippen molar-refractivity contribution in [2.75, 3.05) is 13.1 Å². The van der Waals surface area contributed by atoms with E-state index in [2.05, 4.69) is 5.32 Å². The monoisotopic (exact) mass is 368 g/mol. The molecule has 0 bridgehead atoms. The summed E-state index contributed by atoms with van der Waals surface area (Å²) in [6.07, 6.45) is 3.87. The van der Waals surface area contributed by atoms with Gasteiger partial charge in [-0.2, -0.15) is 0 Å². The molecule has 2 aromatic carbocycles. The molecule has 4 rings (SSSR count). The molecule has 6 heteroatoms. The number of hydrogen-bond acceptors (Lipinski definition) is 4. The van der Waals surface area contributed by atoms with Crippen LogP contribution in [0.15, 0.2) is 36.4 Å². The first-order chi connectivity index (χ1) is 13.0. The number of phenolic OH excluding ortho intramolecular Hbond substituents is 1. The number of aliphatic carboxylic acids is 1. The van der Waals surface area contributed by atoms with Gasteiger partial charge in [-0.05, 0) is 54.5 Å². The maximum absolute atomic E-state index is 12.6. The van der Waals surface area contributed by atoms with Crippen molar-refractivity contribution in [3.8, 4) is 5.75 Å². The summed E-state index contributed by atoms with van der Waals surface area (Å²) in [6.45, 7) is 0.899. The number of fused-ring (bicyclic) bond motifs is 1. The highest BCUT2D eigenvalue weighted by molar-refractivity contribution is 6.01. The number of carbonyl (C=O) groups excluding carboxylic acids is 1. The minimum atomic E-state index is -0.802. The van der Waals surface area contributed by atoms with Crippen molar-refractivity contribution in [3.05, 3.63) is 42.0 Å². The molecule has 2 fully saturated rings. The van der Waals surface area contributed by atoms with Gasteiger partial charge >= 0.3 is 5.97 Å². The van der Waals surface area contributed by atoms with E-state index in [1.165, 1.54) is 12.8 Å². The molecule has 2 aliphatic carbocycles. The second-order valence-corrected chi connectivity index (χ2v) is 7.78. The quantitative estimate of drug-likeness (QED) is 0.699. The second kappa shape index (κ2) is 7.19. The Balaban J connectivity index is 1.37. The summed E-state index contributed by atoms with van der Waals surface area (Å²) in [5.41, 5.74) is 0.275. The maximum Gasteiger partial charge on any atom is 0.317 e. The number of aromatic hydroxyl groups is 1. The van der Waals surface area contributed by atoms with Gasteiger partial charge in [-0.15, -0.1) is 0 Å². The van der Waals surface area contributed by atoms with E-state index in [-0.39, 0.29) is 35.8 Å². The van der Waals surface area contributed by atoms with E-state index in [4.69, 9.17) is 5.11 Å². The van der Waals surface area contributed by atoms with Crippen molar-refractivity contribution in [3.63, 3.8) is 0 Å². The number of amides is 1. The van der Waals surface area contributed by atoms with Crippen molar-refractivity contribution in [1.82, 2.24) is 10.2 Å². The lowest BCUT2D eigenvalue weighted by Gasteiger charge is -2.42. The van der Waals surface area contributed by atoms with Gasteiger partial charge in [-0.3, -0.25) is 14.5 Å². The fourth-order valence-corrected chi connectivity index (χ4v) is 3.83. The third-order valence-corrected chi connectivity index (χ3v) is 5.60. The van der Waals surface area contributed by atoms with E-state index in [1.807, 2.05) is 29.2 Å². The Hall–Kier alpha value is -2.60. The molecule has 27 heavy (non-hydrogen) atoms. The van der Waals surface area contributed by atoms with Crippen LogP contribution in [-0.2, 0) is 4.79 Å².